The minimum atomic E-state index is 0.239. The molecule has 2 aliphatic heterocycles. The lowest BCUT2D eigenvalue weighted by atomic mass is 10.0. The molecule has 6 nitrogen and oxygen atoms in total. The van der Waals surface area contributed by atoms with Gasteiger partial charge >= 0.3 is 0 Å². The number of rotatable bonds is 3. The normalized spacial score (nSPS) is 23.7. The summed E-state index contributed by atoms with van der Waals surface area (Å²) >= 11 is 0. The first-order valence-electron chi connectivity index (χ1n) is 9.08. The molecule has 0 unspecified atom stereocenters. The van der Waals surface area contributed by atoms with E-state index in [9.17, 15) is 4.79 Å². The van der Waals surface area contributed by atoms with Crippen molar-refractivity contribution in [2.24, 2.45) is 7.05 Å². The molecular formula is C18H30N4O2. The molecule has 3 rings (SSSR count). The molecule has 0 bridgehead atoms. The minimum absolute atomic E-state index is 0.239. The molecule has 0 saturated carbocycles. The van der Waals surface area contributed by atoms with Crippen LogP contribution in [0.3, 0.4) is 0 Å². The number of morpholine rings is 1. The highest BCUT2D eigenvalue weighted by atomic mass is 16.5. The van der Waals surface area contributed by atoms with Gasteiger partial charge in [0.2, 0.25) is 5.91 Å². The molecule has 0 aliphatic carbocycles. The largest absolute Gasteiger partial charge is 0.376 e. The molecular weight excluding hydrogens is 304 g/mol. The van der Waals surface area contributed by atoms with E-state index in [0.717, 1.165) is 62.6 Å². The standard InChI is InChI=1S/C18H30N4O2/c1-13-12-22(9-10-24-13)16-5-7-21(8-6-16)18(23)11-17-14(2)19-20(4)15(17)3/h13,16H,5-12H2,1-4H3/t13-/m1/s1. The van der Waals surface area contributed by atoms with Crippen molar-refractivity contribution in [1.82, 2.24) is 19.6 Å². The zero-order valence-corrected chi connectivity index (χ0v) is 15.4. The Morgan fingerprint density at radius 3 is 2.54 bits per heavy atom. The van der Waals surface area contributed by atoms with Crippen LogP contribution in [0, 0.1) is 13.8 Å². The maximum absolute atomic E-state index is 12.7. The van der Waals surface area contributed by atoms with Gasteiger partial charge in [-0.25, -0.2) is 0 Å². The highest BCUT2D eigenvalue weighted by Gasteiger charge is 2.29. The molecule has 1 aromatic rings. The SMILES string of the molecule is Cc1nn(C)c(C)c1CC(=O)N1CCC(N2CCO[C@H](C)C2)CC1. The Bertz CT molecular complexity index is 590. The van der Waals surface area contributed by atoms with Crippen molar-refractivity contribution in [2.45, 2.75) is 52.2 Å². The molecule has 0 N–H and O–H groups in total. The summed E-state index contributed by atoms with van der Waals surface area (Å²) in [4.78, 5) is 17.3. The molecule has 3 heterocycles. The van der Waals surface area contributed by atoms with Crippen LogP contribution in [0.25, 0.3) is 0 Å². The summed E-state index contributed by atoms with van der Waals surface area (Å²) in [6.45, 7) is 10.8. The molecule has 6 heteroatoms. The zero-order chi connectivity index (χ0) is 17.3. The quantitative estimate of drug-likeness (QED) is 0.836. The number of nitrogens with zero attached hydrogens (tertiary/aromatic N) is 4. The predicted octanol–water partition coefficient (Wildman–Crippen LogP) is 1.29. The van der Waals surface area contributed by atoms with Crippen molar-refractivity contribution in [3.63, 3.8) is 0 Å². The minimum Gasteiger partial charge on any atom is -0.376 e. The van der Waals surface area contributed by atoms with E-state index >= 15 is 0 Å². The first-order valence-corrected chi connectivity index (χ1v) is 9.08. The Labute approximate surface area is 144 Å². The predicted molar refractivity (Wildman–Crippen MR) is 93.0 cm³/mol. The van der Waals surface area contributed by atoms with Gasteiger partial charge in [-0.05, 0) is 33.6 Å². The van der Waals surface area contributed by atoms with Crippen LogP contribution < -0.4 is 0 Å². The fourth-order valence-corrected chi connectivity index (χ4v) is 3.99. The number of hydrogen-bond donors (Lipinski definition) is 0. The second-order valence-corrected chi connectivity index (χ2v) is 7.24. The van der Waals surface area contributed by atoms with Crippen LogP contribution in [0.2, 0.25) is 0 Å². The molecule has 1 atom stereocenters. The molecule has 24 heavy (non-hydrogen) atoms. The third kappa shape index (κ3) is 3.64. The second-order valence-electron chi connectivity index (χ2n) is 7.24. The molecule has 0 radical (unpaired) electrons. The fourth-order valence-electron chi connectivity index (χ4n) is 3.99. The van der Waals surface area contributed by atoms with Gasteiger partial charge in [0.1, 0.15) is 0 Å². The Balaban J connectivity index is 1.53. The van der Waals surface area contributed by atoms with Crippen LogP contribution in [-0.2, 0) is 23.0 Å². The smallest absolute Gasteiger partial charge is 0.227 e. The Morgan fingerprint density at radius 1 is 1.25 bits per heavy atom. The summed E-state index contributed by atoms with van der Waals surface area (Å²) in [6, 6.07) is 0.599. The first-order chi connectivity index (χ1) is 11.5. The Morgan fingerprint density at radius 2 is 1.96 bits per heavy atom. The number of carbonyl (C=O) groups excluding carboxylic acids is 1. The summed E-state index contributed by atoms with van der Waals surface area (Å²) < 4.78 is 7.50. The van der Waals surface area contributed by atoms with Crippen molar-refractivity contribution in [1.29, 1.82) is 0 Å². The van der Waals surface area contributed by atoms with Gasteiger partial charge in [-0.1, -0.05) is 0 Å². The molecule has 2 saturated heterocycles. The lowest BCUT2D eigenvalue weighted by Gasteiger charge is -2.41. The summed E-state index contributed by atoms with van der Waals surface area (Å²) in [5.41, 5.74) is 3.16. The highest BCUT2D eigenvalue weighted by Crippen LogP contribution is 2.21. The van der Waals surface area contributed by atoms with E-state index in [0.29, 0.717) is 18.6 Å². The van der Waals surface area contributed by atoms with Crippen LogP contribution in [-0.4, -0.2) is 70.4 Å². The van der Waals surface area contributed by atoms with Gasteiger partial charge in [-0.15, -0.1) is 0 Å². The van der Waals surface area contributed by atoms with Crippen molar-refractivity contribution >= 4 is 5.91 Å². The average molecular weight is 334 g/mol. The third-order valence-electron chi connectivity index (χ3n) is 5.59. The van der Waals surface area contributed by atoms with Crippen molar-refractivity contribution in [3.05, 3.63) is 17.0 Å². The number of aryl methyl sites for hydroxylation is 2. The average Bonchev–Trinajstić information content (AvgIpc) is 2.81. The summed E-state index contributed by atoms with van der Waals surface area (Å²) in [5, 5.41) is 4.42. The molecule has 1 aromatic heterocycles. The molecule has 1 amide bonds. The molecule has 0 spiro atoms. The monoisotopic (exact) mass is 334 g/mol. The Hall–Kier alpha value is -1.40. The number of ether oxygens (including phenoxy) is 1. The molecule has 0 aromatic carbocycles. The zero-order valence-electron chi connectivity index (χ0n) is 15.4. The van der Waals surface area contributed by atoms with E-state index in [4.69, 9.17) is 4.74 Å². The van der Waals surface area contributed by atoms with E-state index < -0.39 is 0 Å². The fraction of sp³-hybridized carbons (Fsp3) is 0.778. The summed E-state index contributed by atoms with van der Waals surface area (Å²) in [5.74, 6) is 0.239. The maximum Gasteiger partial charge on any atom is 0.227 e. The van der Waals surface area contributed by atoms with E-state index in [1.54, 1.807) is 0 Å². The van der Waals surface area contributed by atoms with E-state index in [2.05, 4.69) is 16.9 Å². The summed E-state index contributed by atoms with van der Waals surface area (Å²) in [7, 11) is 1.94. The van der Waals surface area contributed by atoms with Crippen molar-refractivity contribution < 1.29 is 9.53 Å². The van der Waals surface area contributed by atoms with Gasteiger partial charge in [0.25, 0.3) is 0 Å². The number of piperidine rings is 1. The highest BCUT2D eigenvalue weighted by molar-refractivity contribution is 5.79. The van der Waals surface area contributed by atoms with Crippen LogP contribution in [0.1, 0.15) is 36.7 Å². The van der Waals surface area contributed by atoms with Crippen LogP contribution in [0.15, 0.2) is 0 Å². The van der Waals surface area contributed by atoms with E-state index in [-0.39, 0.29) is 5.91 Å². The third-order valence-corrected chi connectivity index (χ3v) is 5.59. The number of aromatic nitrogens is 2. The molecule has 134 valence electrons. The van der Waals surface area contributed by atoms with Crippen LogP contribution in [0.4, 0.5) is 0 Å². The Kier molecular flexibility index (Phi) is 5.25. The second kappa shape index (κ2) is 7.23. The van der Waals surface area contributed by atoms with Crippen molar-refractivity contribution in [2.75, 3.05) is 32.8 Å². The number of amides is 1. The van der Waals surface area contributed by atoms with Crippen molar-refractivity contribution in [3.8, 4) is 0 Å². The summed E-state index contributed by atoms with van der Waals surface area (Å²) in [6.07, 6.45) is 2.95. The molecule has 2 aliphatic rings. The van der Waals surface area contributed by atoms with Gasteiger partial charge < -0.3 is 9.64 Å². The van der Waals surface area contributed by atoms with Gasteiger partial charge in [0, 0.05) is 50.5 Å². The lowest BCUT2D eigenvalue weighted by Crippen LogP contribution is -2.52. The number of likely N-dealkylation sites (tertiary alicyclic amines) is 1. The van der Waals surface area contributed by atoms with Gasteiger partial charge in [0.15, 0.2) is 0 Å². The number of carbonyl (C=O) groups is 1. The molecule has 2 fully saturated rings. The van der Waals surface area contributed by atoms with Gasteiger partial charge in [-0.3, -0.25) is 14.4 Å². The van der Waals surface area contributed by atoms with E-state index in [1.807, 2.05) is 30.5 Å². The van der Waals surface area contributed by atoms with Gasteiger partial charge in [0.05, 0.1) is 24.8 Å². The first kappa shape index (κ1) is 17.4. The lowest BCUT2D eigenvalue weighted by molar-refractivity contribution is -0.132. The van der Waals surface area contributed by atoms with Gasteiger partial charge in [-0.2, -0.15) is 5.10 Å². The number of hydrogen-bond acceptors (Lipinski definition) is 4. The topological polar surface area (TPSA) is 50.6 Å². The van der Waals surface area contributed by atoms with Crippen LogP contribution in [0.5, 0.6) is 0 Å². The van der Waals surface area contributed by atoms with E-state index in [1.165, 1.54) is 0 Å². The van der Waals surface area contributed by atoms with Crippen LogP contribution >= 0.6 is 0 Å². The maximum atomic E-state index is 12.7.